The van der Waals surface area contributed by atoms with Crippen molar-refractivity contribution in [3.8, 4) is 0 Å². The van der Waals surface area contributed by atoms with Crippen molar-refractivity contribution in [2.24, 2.45) is 0 Å². The summed E-state index contributed by atoms with van der Waals surface area (Å²) >= 11 is 1.54. The normalized spacial score (nSPS) is 20.8. The molecule has 1 atom stereocenters. The number of thioether (sulfide) groups is 1. The second-order valence-corrected chi connectivity index (χ2v) is 3.77. The largest absolute Gasteiger partial charge is 0.372 e. The van der Waals surface area contributed by atoms with Crippen LogP contribution < -0.4 is 0 Å². The Morgan fingerprint density at radius 2 is 2.54 bits per heavy atom. The maximum Gasteiger partial charge on any atom is 0.182 e. The van der Waals surface area contributed by atoms with E-state index in [1.807, 2.05) is 0 Å². The van der Waals surface area contributed by atoms with E-state index in [4.69, 9.17) is 0 Å². The molecule has 0 bridgehead atoms. The standard InChI is InChI=1S/C7H6N4OS/c12-5-2-13-7-10-6-4(11(5)7)1-8-3-9-6/h1,3,5,12H,2H2. The zero-order chi connectivity index (χ0) is 8.84. The van der Waals surface area contributed by atoms with Crippen molar-refractivity contribution in [1.82, 2.24) is 19.5 Å². The van der Waals surface area contributed by atoms with Crippen LogP contribution in [0.2, 0.25) is 0 Å². The zero-order valence-corrected chi connectivity index (χ0v) is 7.40. The molecule has 13 heavy (non-hydrogen) atoms. The maximum atomic E-state index is 9.61. The molecule has 1 N–H and O–H groups in total. The first-order valence-corrected chi connectivity index (χ1v) is 4.83. The van der Waals surface area contributed by atoms with Crippen LogP contribution in [0.3, 0.4) is 0 Å². The molecule has 0 amide bonds. The Hall–Kier alpha value is -1.14. The van der Waals surface area contributed by atoms with Crippen molar-refractivity contribution in [2.75, 3.05) is 5.75 Å². The predicted octanol–water partition coefficient (Wildman–Crippen LogP) is 0.423. The van der Waals surface area contributed by atoms with Gasteiger partial charge in [0.2, 0.25) is 0 Å². The summed E-state index contributed by atoms with van der Waals surface area (Å²) in [6.45, 7) is 0. The zero-order valence-electron chi connectivity index (χ0n) is 6.58. The minimum Gasteiger partial charge on any atom is -0.372 e. The highest BCUT2D eigenvalue weighted by Gasteiger charge is 2.24. The van der Waals surface area contributed by atoms with Crippen LogP contribution in [-0.2, 0) is 0 Å². The fourth-order valence-corrected chi connectivity index (χ4v) is 2.39. The van der Waals surface area contributed by atoms with Crippen LogP contribution in [0.4, 0.5) is 0 Å². The molecule has 3 rings (SSSR count). The van der Waals surface area contributed by atoms with Crippen LogP contribution in [0.5, 0.6) is 0 Å². The monoisotopic (exact) mass is 194 g/mol. The highest BCUT2D eigenvalue weighted by molar-refractivity contribution is 7.99. The first kappa shape index (κ1) is 7.28. The fraction of sp³-hybridized carbons (Fsp3) is 0.286. The number of fused-ring (bicyclic) bond motifs is 3. The molecule has 0 saturated carbocycles. The Morgan fingerprint density at radius 3 is 3.46 bits per heavy atom. The number of aliphatic hydroxyl groups excluding tert-OH is 1. The summed E-state index contributed by atoms with van der Waals surface area (Å²) in [5, 5.41) is 10.4. The Balaban J connectivity index is 2.40. The van der Waals surface area contributed by atoms with Crippen LogP contribution >= 0.6 is 11.8 Å². The lowest BCUT2D eigenvalue weighted by Crippen LogP contribution is -2.04. The first-order valence-electron chi connectivity index (χ1n) is 3.85. The average Bonchev–Trinajstić information content (AvgIpc) is 2.66. The molecule has 3 heterocycles. The van der Waals surface area contributed by atoms with Gasteiger partial charge in [-0.3, -0.25) is 4.57 Å². The molecule has 0 saturated heterocycles. The van der Waals surface area contributed by atoms with E-state index in [2.05, 4.69) is 15.0 Å². The van der Waals surface area contributed by atoms with E-state index in [-0.39, 0.29) is 0 Å². The van der Waals surface area contributed by atoms with Crippen molar-refractivity contribution in [1.29, 1.82) is 0 Å². The minimum absolute atomic E-state index is 0.490. The van der Waals surface area contributed by atoms with Crippen molar-refractivity contribution < 1.29 is 5.11 Å². The number of nitrogens with zero attached hydrogens (tertiary/aromatic N) is 4. The summed E-state index contributed by atoms with van der Waals surface area (Å²) in [5.74, 6) is 0.660. The Morgan fingerprint density at radius 1 is 1.62 bits per heavy atom. The Bertz CT molecular complexity index is 468. The molecular formula is C7H6N4OS. The minimum atomic E-state index is -0.490. The lowest BCUT2D eigenvalue weighted by molar-refractivity contribution is 0.131. The number of aliphatic hydroxyl groups is 1. The Kier molecular flexibility index (Phi) is 1.36. The molecule has 1 aliphatic heterocycles. The summed E-state index contributed by atoms with van der Waals surface area (Å²) in [4.78, 5) is 12.2. The van der Waals surface area contributed by atoms with Crippen molar-refractivity contribution >= 4 is 22.9 Å². The number of hydrogen-bond acceptors (Lipinski definition) is 5. The average molecular weight is 194 g/mol. The third-order valence-corrected chi connectivity index (χ3v) is 3.01. The molecule has 2 aromatic rings. The summed E-state index contributed by atoms with van der Waals surface area (Å²) in [6.07, 6.45) is 2.65. The third-order valence-electron chi connectivity index (χ3n) is 2.00. The molecule has 2 aromatic heterocycles. The van der Waals surface area contributed by atoms with E-state index < -0.39 is 6.23 Å². The van der Waals surface area contributed by atoms with Gasteiger partial charge in [0.15, 0.2) is 10.8 Å². The summed E-state index contributed by atoms with van der Waals surface area (Å²) in [7, 11) is 0. The van der Waals surface area contributed by atoms with E-state index in [9.17, 15) is 5.11 Å². The van der Waals surface area contributed by atoms with E-state index in [0.29, 0.717) is 11.4 Å². The fourth-order valence-electron chi connectivity index (χ4n) is 1.43. The second-order valence-electron chi connectivity index (χ2n) is 2.79. The van der Waals surface area contributed by atoms with Gasteiger partial charge in [0.05, 0.1) is 6.20 Å². The summed E-state index contributed by atoms with van der Waals surface area (Å²) in [5.41, 5.74) is 1.45. The highest BCUT2D eigenvalue weighted by Crippen LogP contribution is 2.34. The first-order chi connectivity index (χ1) is 6.36. The van der Waals surface area contributed by atoms with Crippen molar-refractivity contribution in [2.45, 2.75) is 11.4 Å². The maximum absolute atomic E-state index is 9.61. The van der Waals surface area contributed by atoms with E-state index in [1.54, 1.807) is 10.8 Å². The molecule has 5 nitrogen and oxygen atoms in total. The van der Waals surface area contributed by atoms with Crippen LogP contribution in [0.25, 0.3) is 11.2 Å². The molecule has 66 valence electrons. The number of rotatable bonds is 0. The van der Waals surface area contributed by atoms with Crippen molar-refractivity contribution in [3.05, 3.63) is 12.5 Å². The van der Waals surface area contributed by atoms with Gasteiger partial charge < -0.3 is 5.11 Å². The summed E-state index contributed by atoms with van der Waals surface area (Å²) in [6, 6.07) is 0. The lowest BCUT2D eigenvalue weighted by atomic mass is 10.5. The quantitative estimate of drug-likeness (QED) is 0.658. The van der Waals surface area contributed by atoms with Crippen LogP contribution in [0.1, 0.15) is 6.23 Å². The van der Waals surface area contributed by atoms with Gasteiger partial charge in [-0.15, -0.1) is 0 Å². The molecule has 0 spiro atoms. The van der Waals surface area contributed by atoms with E-state index in [0.717, 1.165) is 10.7 Å². The van der Waals surface area contributed by atoms with Gasteiger partial charge in [-0.05, 0) is 0 Å². The molecule has 6 heteroatoms. The SMILES string of the molecule is OC1CSc2nc3ncncc3n21. The molecule has 1 unspecified atom stereocenters. The van der Waals surface area contributed by atoms with Gasteiger partial charge in [-0.1, -0.05) is 11.8 Å². The van der Waals surface area contributed by atoms with Gasteiger partial charge in [-0.2, -0.15) is 0 Å². The van der Waals surface area contributed by atoms with Gasteiger partial charge >= 0.3 is 0 Å². The number of aromatic nitrogens is 4. The Labute approximate surface area is 77.8 Å². The van der Waals surface area contributed by atoms with Gasteiger partial charge in [0, 0.05) is 5.75 Å². The molecule has 0 radical (unpaired) electrons. The molecular weight excluding hydrogens is 188 g/mol. The van der Waals surface area contributed by atoms with Gasteiger partial charge in [0.1, 0.15) is 18.1 Å². The van der Waals surface area contributed by atoms with Gasteiger partial charge in [-0.25, -0.2) is 15.0 Å². The third kappa shape index (κ3) is 0.895. The molecule has 1 aliphatic rings. The smallest absolute Gasteiger partial charge is 0.182 e. The summed E-state index contributed by atoms with van der Waals surface area (Å²) < 4.78 is 1.76. The molecule has 0 aromatic carbocycles. The molecule has 0 fully saturated rings. The van der Waals surface area contributed by atoms with Gasteiger partial charge in [0.25, 0.3) is 0 Å². The number of hydrogen-bond donors (Lipinski definition) is 1. The number of imidazole rings is 1. The van der Waals surface area contributed by atoms with Crippen molar-refractivity contribution in [3.63, 3.8) is 0 Å². The van der Waals surface area contributed by atoms with Crippen LogP contribution in [0.15, 0.2) is 17.7 Å². The highest BCUT2D eigenvalue weighted by atomic mass is 32.2. The predicted molar refractivity (Wildman–Crippen MR) is 47.3 cm³/mol. The topological polar surface area (TPSA) is 63.8 Å². The van der Waals surface area contributed by atoms with Crippen LogP contribution in [0, 0.1) is 0 Å². The van der Waals surface area contributed by atoms with E-state index >= 15 is 0 Å². The van der Waals surface area contributed by atoms with E-state index in [1.165, 1.54) is 18.1 Å². The van der Waals surface area contributed by atoms with Crippen LogP contribution in [-0.4, -0.2) is 30.4 Å². The molecule has 0 aliphatic carbocycles. The second kappa shape index (κ2) is 2.43. The lowest BCUT2D eigenvalue weighted by Gasteiger charge is -2.03.